The SMILES string of the molecule is COC(=O)[C@H](Cc1ccccc1)NC(=O)N1CCC(c2nc3ccccc3[nH]2)CC1. The zero-order chi connectivity index (χ0) is 20.9. The van der Waals surface area contributed by atoms with Gasteiger partial charge in [0.15, 0.2) is 0 Å². The molecule has 30 heavy (non-hydrogen) atoms. The molecule has 0 spiro atoms. The minimum absolute atomic E-state index is 0.232. The Balaban J connectivity index is 1.36. The number of nitrogens with zero attached hydrogens (tertiary/aromatic N) is 2. The molecule has 0 unspecified atom stereocenters. The van der Waals surface area contributed by atoms with Crippen molar-refractivity contribution in [2.75, 3.05) is 20.2 Å². The summed E-state index contributed by atoms with van der Waals surface area (Å²) in [4.78, 5) is 34.8. The van der Waals surface area contributed by atoms with Gasteiger partial charge in [-0.15, -0.1) is 0 Å². The minimum Gasteiger partial charge on any atom is -0.467 e. The Morgan fingerprint density at radius 1 is 1.13 bits per heavy atom. The van der Waals surface area contributed by atoms with Gasteiger partial charge in [0, 0.05) is 25.4 Å². The predicted molar refractivity (Wildman–Crippen MR) is 114 cm³/mol. The highest BCUT2D eigenvalue weighted by molar-refractivity contribution is 5.84. The molecule has 1 fully saturated rings. The van der Waals surface area contributed by atoms with Crippen molar-refractivity contribution in [3.05, 3.63) is 66.0 Å². The van der Waals surface area contributed by atoms with Crippen LogP contribution in [0, 0.1) is 0 Å². The summed E-state index contributed by atoms with van der Waals surface area (Å²) < 4.78 is 4.89. The summed E-state index contributed by atoms with van der Waals surface area (Å²) in [5.74, 6) is 0.833. The number of H-pyrrole nitrogens is 1. The average Bonchev–Trinajstić information content (AvgIpc) is 3.23. The number of hydrogen-bond acceptors (Lipinski definition) is 4. The van der Waals surface area contributed by atoms with Crippen LogP contribution in [0.3, 0.4) is 0 Å². The molecule has 2 amide bonds. The summed E-state index contributed by atoms with van der Waals surface area (Å²) in [5.41, 5.74) is 2.97. The van der Waals surface area contributed by atoms with Gasteiger partial charge in [-0.3, -0.25) is 0 Å². The topological polar surface area (TPSA) is 87.3 Å². The van der Waals surface area contributed by atoms with Crippen LogP contribution in [0.5, 0.6) is 0 Å². The maximum atomic E-state index is 12.8. The summed E-state index contributed by atoms with van der Waals surface area (Å²) in [6.45, 7) is 1.24. The summed E-state index contributed by atoms with van der Waals surface area (Å²) in [7, 11) is 1.34. The molecule has 0 saturated carbocycles. The highest BCUT2D eigenvalue weighted by Crippen LogP contribution is 2.27. The Morgan fingerprint density at radius 3 is 2.53 bits per heavy atom. The normalized spacial score (nSPS) is 15.7. The van der Waals surface area contributed by atoms with Crippen LogP contribution < -0.4 is 5.32 Å². The molecular formula is C23H26N4O3. The van der Waals surface area contributed by atoms with E-state index >= 15 is 0 Å². The van der Waals surface area contributed by atoms with E-state index in [0.717, 1.165) is 35.3 Å². The molecule has 2 aromatic carbocycles. The second kappa shape index (κ2) is 8.98. The number of urea groups is 1. The lowest BCUT2D eigenvalue weighted by molar-refractivity contribution is -0.142. The van der Waals surface area contributed by atoms with Gasteiger partial charge in [0.25, 0.3) is 0 Å². The fourth-order valence-electron chi connectivity index (χ4n) is 3.95. The number of para-hydroxylation sites is 2. The largest absolute Gasteiger partial charge is 0.467 e. The molecule has 0 bridgehead atoms. The molecule has 7 heteroatoms. The van der Waals surface area contributed by atoms with E-state index in [1.807, 2.05) is 54.6 Å². The fraction of sp³-hybridized carbons (Fsp3) is 0.348. The first-order valence-corrected chi connectivity index (χ1v) is 10.3. The molecule has 1 aromatic heterocycles. The van der Waals surface area contributed by atoms with Crippen molar-refractivity contribution in [1.82, 2.24) is 20.2 Å². The van der Waals surface area contributed by atoms with Crippen LogP contribution in [0.2, 0.25) is 0 Å². The summed E-state index contributed by atoms with van der Waals surface area (Å²) >= 11 is 0. The molecule has 2 heterocycles. The zero-order valence-corrected chi connectivity index (χ0v) is 17.0. The molecule has 4 rings (SSSR count). The molecule has 1 saturated heterocycles. The second-order valence-corrected chi connectivity index (χ2v) is 7.62. The Hall–Kier alpha value is -3.35. The van der Waals surface area contributed by atoms with E-state index in [-0.39, 0.29) is 6.03 Å². The molecule has 156 valence electrons. The highest BCUT2D eigenvalue weighted by Gasteiger charge is 2.29. The van der Waals surface area contributed by atoms with Gasteiger partial charge < -0.3 is 19.9 Å². The van der Waals surface area contributed by atoms with Crippen LogP contribution in [0.1, 0.15) is 30.1 Å². The molecule has 3 aromatic rings. The van der Waals surface area contributed by atoms with E-state index in [4.69, 9.17) is 9.72 Å². The molecule has 7 nitrogen and oxygen atoms in total. The Bertz CT molecular complexity index is 976. The van der Waals surface area contributed by atoms with Gasteiger partial charge in [0.2, 0.25) is 0 Å². The number of amides is 2. The monoisotopic (exact) mass is 406 g/mol. The number of fused-ring (bicyclic) bond motifs is 1. The number of esters is 1. The number of hydrogen-bond donors (Lipinski definition) is 2. The smallest absolute Gasteiger partial charge is 0.328 e. The number of likely N-dealkylation sites (tertiary alicyclic amines) is 1. The van der Waals surface area contributed by atoms with Crippen molar-refractivity contribution >= 4 is 23.0 Å². The lowest BCUT2D eigenvalue weighted by Crippen LogP contribution is -2.51. The summed E-state index contributed by atoms with van der Waals surface area (Å²) in [6, 6.07) is 16.7. The molecular weight excluding hydrogens is 380 g/mol. The number of aromatic amines is 1. The number of carbonyl (C=O) groups is 2. The number of piperidine rings is 1. The standard InChI is InChI=1S/C23H26N4O3/c1-30-22(28)20(15-16-7-3-2-4-8-16)26-23(29)27-13-11-17(12-14-27)21-24-18-9-5-6-10-19(18)25-21/h2-10,17,20H,11-15H2,1H3,(H,24,25)(H,26,29)/t20-/m0/s1. The van der Waals surface area contributed by atoms with Crippen molar-refractivity contribution in [3.8, 4) is 0 Å². The van der Waals surface area contributed by atoms with Crippen molar-refractivity contribution in [3.63, 3.8) is 0 Å². The minimum atomic E-state index is -0.710. The zero-order valence-electron chi connectivity index (χ0n) is 17.0. The number of benzene rings is 2. The number of ether oxygens (including phenoxy) is 1. The first kappa shape index (κ1) is 19.9. The Morgan fingerprint density at radius 2 is 1.83 bits per heavy atom. The number of carbonyl (C=O) groups excluding carboxylic acids is 2. The number of rotatable bonds is 5. The van der Waals surface area contributed by atoms with E-state index in [2.05, 4.69) is 10.3 Å². The maximum Gasteiger partial charge on any atom is 0.328 e. The van der Waals surface area contributed by atoms with Crippen molar-refractivity contribution in [1.29, 1.82) is 0 Å². The van der Waals surface area contributed by atoms with E-state index in [1.165, 1.54) is 7.11 Å². The van der Waals surface area contributed by atoms with Crippen molar-refractivity contribution in [2.24, 2.45) is 0 Å². The van der Waals surface area contributed by atoms with Crippen LogP contribution in [0.4, 0.5) is 4.79 Å². The van der Waals surface area contributed by atoms with E-state index in [9.17, 15) is 9.59 Å². The Labute approximate surface area is 175 Å². The maximum absolute atomic E-state index is 12.8. The summed E-state index contributed by atoms with van der Waals surface area (Å²) in [5, 5.41) is 2.85. The van der Waals surface area contributed by atoms with Crippen LogP contribution in [0.15, 0.2) is 54.6 Å². The first-order valence-electron chi connectivity index (χ1n) is 10.3. The lowest BCUT2D eigenvalue weighted by Gasteiger charge is -2.32. The van der Waals surface area contributed by atoms with Crippen LogP contribution >= 0.6 is 0 Å². The predicted octanol–water partition coefficient (Wildman–Crippen LogP) is 3.24. The quantitative estimate of drug-likeness (QED) is 0.637. The molecule has 2 N–H and O–H groups in total. The number of methoxy groups -OCH3 is 1. The molecule has 0 aliphatic carbocycles. The average molecular weight is 406 g/mol. The molecule has 1 aliphatic rings. The van der Waals surface area contributed by atoms with E-state index < -0.39 is 12.0 Å². The first-order chi connectivity index (χ1) is 14.6. The highest BCUT2D eigenvalue weighted by atomic mass is 16.5. The third-order valence-electron chi connectivity index (χ3n) is 5.64. The third-order valence-corrected chi connectivity index (χ3v) is 5.64. The van der Waals surface area contributed by atoms with Crippen LogP contribution in [-0.2, 0) is 16.0 Å². The summed E-state index contributed by atoms with van der Waals surface area (Å²) in [6.07, 6.45) is 2.05. The van der Waals surface area contributed by atoms with Gasteiger partial charge in [0.1, 0.15) is 11.9 Å². The van der Waals surface area contributed by atoms with Crippen LogP contribution in [0.25, 0.3) is 11.0 Å². The van der Waals surface area contributed by atoms with Crippen molar-refractivity contribution < 1.29 is 14.3 Å². The molecule has 1 atom stereocenters. The van der Waals surface area contributed by atoms with Gasteiger partial charge in [-0.2, -0.15) is 0 Å². The number of imidazole rings is 1. The fourth-order valence-corrected chi connectivity index (χ4v) is 3.95. The van der Waals surface area contributed by atoms with Gasteiger partial charge >= 0.3 is 12.0 Å². The lowest BCUT2D eigenvalue weighted by atomic mass is 9.96. The van der Waals surface area contributed by atoms with E-state index in [0.29, 0.717) is 25.4 Å². The van der Waals surface area contributed by atoms with Crippen LogP contribution in [-0.4, -0.2) is 53.1 Å². The van der Waals surface area contributed by atoms with Gasteiger partial charge in [-0.05, 0) is 30.5 Å². The second-order valence-electron chi connectivity index (χ2n) is 7.62. The molecule has 0 radical (unpaired) electrons. The van der Waals surface area contributed by atoms with Crippen molar-refractivity contribution in [2.45, 2.75) is 31.2 Å². The molecule has 1 aliphatic heterocycles. The van der Waals surface area contributed by atoms with E-state index in [1.54, 1.807) is 4.90 Å². The third kappa shape index (κ3) is 4.45. The Kier molecular flexibility index (Phi) is 5.97. The van der Waals surface area contributed by atoms with Gasteiger partial charge in [-0.1, -0.05) is 42.5 Å². The number of aromatic nitrogens is 2. The number of nitrogens with one attached hydrogen (secondary N) is 2. The van der Waals surface area contributed by atoms with Gasteiger partial charge in [0.05, 0.1) is 18.1 Å². The van der Waals surface area contributed by atoms with Gasteiger partial charge in [-0.25, -0.2) is 14.6 Å².